The van der Waals surface area contributed by atoms with Crippen molar-refractivity contribution >= 4 is 6.29 Å². The Morgan fingerprint density at radius 1 is 1.58 bits per heavy atom. The summed E-state index contributed by atoms with van der Waals surface area (Å²) in [5.41, 5.74) is 2.85. The maximum atomic E-state index is 10.7. The predicted octanol–water partition coefficient (Wildman–Crippen LogP) is 2.08. The number of aryl methyl sites for hydroxylation is 1. The van der Waals surface area contributed by atoms with E-state index in [0.717, 1.165) is 17.5 Å². The first-order chi connectivity index (χ1) is 5.83. The average molecular weight is 161 g/mol. The van der Waals surface area contributed by atoms with Crippen molar-refractivity contribution in [3.8, 4) is 0 Å². The Morgan fingerprint density at radius 2 is 2.33 bits per heavy atom. The maximum Gasteiger partial charge on any atom is 0.152 e. The molecule has 1 aromatic heterocycles. The first kappa shape index (κ1) is 7.47. The highest BCUT2D eigenvalue weighted by atomic mass is 16.1. The maximum absolute atomic E-state index is 10.7. The van der Waals surface area contributed by atoms with Crippen molar-refractivity contribution in [2.75, 3.05) is 0 Å². The molecule has 1 fully saturated rings. The molecule has 1 saturated carbocycles. The molecule has 0 amide bonds. The molecule has 0 aromatic carbocycles. The van der Waals surface area contributed by atoms with Gasteiger partial charge < -0.3 is 0 Å². The van der Waals surface area contributed by atoms with Gasteiger partial charge in [0.25, 0.3) is 0 Å². The van der Waals surface area contributed by atoms with Gasteiger partial charge in [-0.25, -0.2) is 0 Å². The molecule has 0 N–H and O–H groups in total. The summed E-state index contributed by atoms with van der Waals surface area (Å²) in [7, 11) is 0. The summed E-state index contributed by atoms with van der Waals surface area (Å²) >= 11 is 0. The van der Waals surface area contributed by atoms with E-state index in [1.54, 1.807) is 6.20 Å². The lowest BCUT2D eigenvalue weighted by atomic mass is 10.0. The van der Waals surface area contributed by atoms with Gasteiger partial charge in [0.1, 0.15) is 0 Å². The zero-order valence-electron chi connectivity index (χ0n) is 7.08. The number of hydrogen-bond acceptors (Lipinski definition) is 2. The summed E-state index contributed by atoms with van der Waals surface area (Å²) in [5.74, 6) is 0.631. The molecule has 12 heavy (non-hydrogen) atoms. The van der Waals surface area contributed by atoms with Gasteiger partial charge in [-0.2, -0.15) is 0 Å². The van der Waals surface area contributed by atoms with Crippen molar-refractivity contribution in [1.29, 1.82) is 0 Å². The lowest BCUT2D eigenvalue weighted by Gasteiger charge is -2.03. The fourth-order valence-corrected chi connectivity index (χ4v) is 1.50. The summed E-state index contributed by atoms with van der Waals surface area (Å²) in [6.07, 6.45) is 5.17. The van der Waals surface area contributed by atoms with Crippen LogP contribution in [-0.2, 0) is 0 Å². The molecule has 1 aromatic rings. The molecule has 0 saturated heterocycles. The Balaban J connectivity index is 2.50. The van der Waals surface area contributed by atoms with Gasteiger partial charge in [0.2, 0.25) is 0 Å². The molecule has 0 radical (unpaired) electrons. The first-order valence-corrected chi connectivity index (χ1v) is 4.23. The van der Waals surface area contributed by atoms with Crippen molar-refractivity contribution in [2.45, 2.75) is 25.7 Å². The van der Waals surface area contributed by atoms with Gasteiger partial charge in [-0.3, -0.25) is 9.78 Å². The van der Waals surface area contributed by atoms with Crippen LogP contribution in [0, 0.1) is 6.92 Å². The van der Waals surface area contributed by atoms with E-state index in [1.807, 2.05) is 13.0 Å². The Kier molecular flexibility index (Phi) is 1.68. The smallest absolute Gasteiger partial charge is 0.152 e. The van der Waals surface area contributed by atoms with Crippen LogP contribution in [0.15, 0.2) is 12.3 Å². The monoisotopic (exact) mass is 161 g/mol. The second kappa shape index (κ2) is 2.70. The van der Waals surface area contributed by atoms with Crippen LogP contribution in [0.25, 0.3) is 0 Å². The van der Waals surface area contributed by atoms with Gasteiger partial charge >= 0.3 is 0 Å². The van der Waals surface area contributed by atoms with E-state index in [9.17, 15) is 4.79 Å². The molecule has 0 spiro atoms. The molecule has 2 heteroatoms. The number of hydrogen-bond donors (Lipinski definition) is 0. The van der Waals surface area contributed by atoms with Crippen molar-refractivity contribution in [1.82, 2.24) is 4.98 Å². The third kappa shape index (κ3) is 1.13. The minimum absolute atomic E-state index is 0.631. The predicted molar refractivity (Wildman–Crippen MR) is 46.3 cm³/mol. The van der Waals surface area contributed by atoms with E-state index in [1.165, 1.54) is 18.4 Å². The number of carbonyl (C=O) groups is 1. The highest BCUT2D eigenvalue weighted by Gasteiger charge is 2.26. The van der Waals surface area contributed by atoms with Gasteiger partial charge in [0.15, 0.2) is 6.29 Å². The van der Waals surface area contributed by atoms with E-state index < -0.39 is 0 Å². The highest BCUT2D eigenvalue weighted by Crippen LogP contribution is 2.41. The molecule has 2 nitrogen and oxygen atoms in total. The SMILES string of the molecule is Cc1nccc(C2CC2)c1C=O. The Morgan fingerprint density at radius 3 is 2.92 bits per heavy atom. The molecule has 0 bridgehead atoms. The normalized spacial score (nSPS) is 16.1. The Hall–Kier alpha value is -1.18. The Bertz CT molecular complexity index is 316. The van der Waals surface area contributed by atoms with Crippen LogP contribution in [-0.4, -0.2) is 11.3 Å². The Labute approximate surface area is 71.6 Å². The third-order valence-corrected chi connectivity index (χ3v) is 2.36. The number of rotatable bonds is 2. The van der Waals surface area contributed by atoms with Crippen LogP contribution in [0.1, 0.15) is 40.4 Å². The van der Waals surface area contributed by atoms with E-state index in [0.29, 0.717) is 5.92 Å². The minimum atomic E-state index is 0.631. The number of pyridine rings is 1. The second-order valence-electron chi connectivity index (χ2n) is 3.29. The largest absolute Gasteiger partial charge is 0.298 e. The molecular formula is C10H11NO. The molecule has 2 rings (SSSR count). The van der Waals surface area contributed by atoms with Crippen LogP contribution in [0.3, 0.4) is 0 Å². The van der Waals surface area contributed by atoms with E-state index in [4.69, 9.17) is 0 Å². The third-order valence-electron chi connectivity index (χ3n) is 2.36. The first-order valence-electron chi connectivity index (χ1n) is 4.23. The number of carbonyl (C=O) groups excluding carboxylic acids is 1. The lowest BCUT2D eigenvalue weighted by Crippen LogP contribution is -1.96. The molecule has 0 aliphatic heterocycles. The fraction of sp³-hybridized carbons (Fsp3) is 0.400. The summed E-state index contributed by atoms with van der Waals surface area (Å²) in [5, 5.41) is 0. The molecule has 0 atom stereocenters. The van der Waals surface area contributed by atoms with Gasteiger partial charge in [0, 0.05) is 17.5 Å². The molecule has 1 aliphatic rings. The molecule has 1 heterocycles. The van der Waals surface area contributed by atoms with Crippen molar-refractivity contribution in [3.63, 3.8) is 0 Å². The topological polar surface area (TPSA) is 30.0 Å². The molecule has 1 aliphatic carbocycles. The van der Waals surface area contributed by atoms with E-state index in [-0.39, 0.29) is 0 Å². The number of nitrogens with zero attached hydrogens (tertiary/aromatic N) is 1. The molecule has 0 unspecified atom stereocenters. The standard InChI is InChI=1S/C10H11NO/c1-7-10(6-12)9(4-5-11-7)8-2-3-8/h4-6,8H,2-3H2,1H3. The van der Waals surface area contributed by atoms with Crippen molar-refractivity contribution in [2.24, 2.45) is 0 Å². The average Bonchev–Trinajstić information content (AvgIpc) is 2.86. The second-order valence-corrected chi connectivity index (χ2v) is 3.29. The van der Waals surface area contributed by atoms with Gasteiger partial charge in [0.05, 0.1) is 0 Å². The fourth-order valence-electron chi connectivity index (χ4n) is 1.50. The number of aromatic nitrogens is 1. The van der Waals surface area contributed by atoms with Gasteiger partial charge in [-0.05, 0) is 37.3 Å². The van der Waals surface area contributed by atoms with Crippen LogP contribution in [0.5, 0.6) is 0 Å². The number of aldehydes is 1. The minimum Gasteiger partial charge on any atom is -0.298 e. The zero-order valence-corrected chi connectivity index (χ0v) is 7.08. The zero-order chi connectivity index (χ0) is 8.55. The van der Waals surface area contributed by atoms with E-state index in [2.05, 4.69) is 4.98 Å². The van der Waals surface area contributed by atoms with Crippen LogP contribution in [0.2, 0.25) is 0 Å². The van der Waals surface area contributed by atoms with Crippen LogP contribution < -0.4 is 0 Å². The summed E-state index contributed by atoms with van der Waals surface area (Å²) < 4.78 is 0. The molecule has 62 valence electrons. The summed E-state index contributed by atoms with van der Waals surface area (Å²) in [4.78, 5) is 14.8. The van der Waals surface area contributed by atoms with Crippen LogP contribution in [0.4, 0.5) is 0 Å². The van der Waals surface area contributed by atoms with Crippen LogP contribution >= 0.6 is 0 Å². The van der Waals surface area contributed by atoms with E-state index >= 15 is 0 Å². The lowest BCUT2D eigenvalue weighted by molar-refractivity contribution is 0.112. The summed E-state index contributed by atoms with van der Waals surface area (Å²) in [6.45, 7) is 1.88. The van der Waals surface area contributed by atoms with Crippen molar-refractivity contribution in [3.05, 3.63) is 29.1 Å². The summed E-state index contributed by atoms with van der Waals surface area (Å²) in [6, 6.07) is 1.97. The quantitative estimate of drug-likeness (QED) is 0.621. The van der Waals surface area contributed by atoms with Gasteiger partial charge in [-0.15, -0.1) is 0 Å². The highest BCUT2D eigenvalue weighted by molar-refractivity contribution is 5.79. The molecular weight excluding hydrogens is 150 g/mol. The van der Waals surface area contributed by atoms with Crippen molar-refractivity contribution < 1.29 is 4.79 Å². The van der Waals surface area contributed by atoms with Gasteiger partial charge in [-0.1, -0.05) is 0 Å².